The molecule has 0 unspecified atom stereocenters. The number of anilines is 1. The monoisotopic (exact) mass is 357 g/mol. The first kappa shape index (κ1) is 19.2. The van der Waals surface area contributed by atoms with Gasteiger partial charge in [0.1, 0.15) is 0 Å². The molecule has 0 bridgehead atoms. The molecule has 3 N–H and O–H groups in total. The summed E-state index contributed by atoms with van der Waals surface area (Å²) < 4.78 is 0. The molecular formula is C14H21Cl2N7. The Morgan fingerprint density at radius 1 is 1.04 bits per heavy atom. The molecular weight excluding hydrogens is 337 g/mol. The number of nitrogens with zero attached hydrogens (tertiary/aromatic N) is 5. The lowest BCUT2D eigenvalue weighted by Crippen LogP contribution is -2.50. The second kappa shape index (κ2) is 8.71. The van der Waals surface area contributed by atoms with E-state index in [0.29, 0.717) is 11.5 Å². The summed E-state index contributed by atoms with van der Waals surface area (Å²) in [5, 5.41) is 12.5. The highest BCUT2D eigenvalue weighted by Gasteiger charge is 2.27. The van der Waals surface area contributed by atoms with E-state index >= 15 is 0 Å². The number of hydrogen-bond acceptors (Lipinski definition) is 7. The van der Waals surface area contributed by atoms with Gasteiger partial charge in [-0.2, -0.15) is 5.10 Å². The fourth-order valence-corrected chi connectivity index (χ4v) is 2.28. The molecule has 0 amide bonds. The average molecular weight is 358 g/mol. The number of para-hydroxylation sites is 1. The third-order valence-electron chi connectivity index (χ3n) is 3.58. The Balaban J connectivity index is 0.00000132. The van der Waals surface area contributed by atoms with Crippen LogP contribution in [0.15, 0.2) is 45.6 Å². The summed E-state index contributed by atoms with van der Waals surface area (Å²) in [6.45, 7) is 3.81. The summed E-state index contributed by atoms with van der Waals surface area (Å²) in [4.78, 5) is 4.46. The zero-order chi connectivity index (χ0) is 14.7. The van der Waals surface area contributed by atoms with E-state index in [9.17, 15) is 0 Å². The Morgan fingerprint density at radius 2 is 1.70 bits per heavy atom. The summed E-state index contributed by atoms with van der Waals surface area (Å²) >= 11 is 0. The SMILES string of the molecule is CN1CCN(C2=NN=C(N)/C2=N/Nc2ccccc2)CC1.Cl.Cl. The second-order valence-electron chi connectivity index (χ2n) is 5.14. The lowest BCUT2D eigenvalue weighted by atomic mass is 10.2. The molecule has 3 rings (SSSR count). The van der Waals surface area contributed by atoms with Crippen LogP contribution >= 0.6 is 24.8 Å². The van der Waals surface area contributed by atoms with Crippen LogP contribution < -0.4 is 11.2 Å². The van der Waals surface area contributed by atoms with Gasteiger partial charge < -0.3 is 15.5 Å². The quantitative estimate of drug-likeness (QED) is 0.780. The van der Waals surface area contributed by atoms with Crippen molar-refractivity contribution in [1.29, 1.82) is 0 Å². The summed E-state index contributed by atoms with van der Waals surface area (Å²) in [5.41, 5.74) is 10.4. The van der Waals surface area contributed by atoms with Gasteiger partial charge in [0.05, 0.1) is 5.69 Å². The zero-order valence-corrected chi connectivity index (χ0v) is 14.5. The molecule has 1 aromatic carbocycles. The largest absolute Gasteiger partial charge is 0.380 e. The number of halogens is 2. The van der Waals surface area contributed by atoms with Crippen LogP contribution in [-0.2, 0) is 0 Å². The van der Waals surface area contributed by atoms with Gasteiger partial charge in [-0.1, -0.05) is 18.2 Å². The molecule has 0 atom stereocenters. The van der Waals surface area contributed by atoms with Crippen LogP contribution in [0.3, 0.4) is 0 Å². The Labute approximate surface area is 148 Å². The van der Waals surface area contributed by atoms with Crippen molar-refractivity contribution in [2.75, 3.05) is 38.7 Å². The predicted octanol–water partition coefficient (Wildman–Crippen LogP) is 1.23. The first-order valence-electron chi connectivity index (χ1n) is 6.98. The first-order chi connectivity index (χ1) is 10.2. The molecule has 2 aliphatic rings. The maximum Gasteiger partial charge on any atom is 0.183 e. The van der Waals surface area contributed by atoms with Crippen LogP contribution in [0.1, 0.15) is 0 Å². The molecule has 1 fully saturated rings. The van der Waals surface area contributed by atoms with Crippen molar-refractivity contribution in [1.82, 2.24) is 9.80 Å². The van der Waals surface area contributed by atoms with E-state index in [-0.39, 0.29) is 24.8 Å². The maximum atomic E-state index is 5.90. The molecule has 23 heavy (non-hydrogen) atoms. The van der Waals surface area contributed by atoms with Gasteiger partial charge in [-0.3, -0.25) is 5.43 Å². The molecule has 2 heterocycles. The molecule has 0 spiro atoms. The highest BCUT2D eigenvalue weighted by atomic mass is 35.5. The molecule has 7 nitrogen and oxygen atoms in total. The van der Waals surface area contributed by atoms with Gasteiger partial charge in [-0.25, -0.2) is 0 Å². The van der Waals surface area contributed by atoms with Crippen LogP contribution in [0.2, 0.25) is 0 Å². The van der Waals surface area contributed by atoms with Crippen molar-refractivity contribution < 1.29 is 0 Å². The molecule has 1 aromatic rings. The number of nitrogens with two attached hydrogens (primary N) is 1. The Kier molecular flexibility index (Phi) is 7.28. The summed E-state index contributed by atoms with van der Waals surface area (Å²) in [5.74, 6) is 1.11. The Morgan fingerprint density at radius 3 is 2.35 bits per heavy atom. The van der Waals surface area contributed by atoms with E-state index < -0.39 is 0 Å². The lowest BCUT2D eigenvalue weighted by Gasteiger charge is -2.33. The van der Waals surface area contributed by atoms with Crippen molar-refractivity contribution in [3.63, 3.8) is 0 Å². The van der Waals surface area contributed by atoms with E-state index in [1.54, 1.807) is 0 Å². The minimum absolute atomic E-state index is 0. The normalized spacial score (nSPS) is 19.5. The van der Waals surface area contributed by atoms with Crippen LogP contribution in [0, 0.1) is 0 Å². The van der Waals surface area contributed by atoms with Crippen molar-refractivity contribution in [3.8, 4) is 0 Å². The fourth-order valence-electron chi connectivity index (χ4n) is 2.28. The molecule has 9 heteroatoms. The van der Waals surface area contributed by atoms with E-state index in [1.165, 1.54) is 0 Å². The third-order valence-corrected chi connectivity index (χ3v) is 3.58. The van der Waals surface area contributed by atoms with E-state index in [4.69, 9.17) is 5.73 Å². The fraction of sp³-hybridized carbons (Fsp3) is 0.357. The van der Waals surface area contributed by atoms with E-state index in [2.05, 4.69) is 37.6 Å². The molecule has 0 aliphatic carbocycles. The number of piperazine rings is 1. The molecule has 0 radical (unpaired) electrons. The summed E-state index contributed by atoms with van der Waals surface area (Å²) in [6, 6.07) is 9.74. The predicted molar refractivity (Wildman–Crippen MR) is 100 cm³/mol. The van der Waals surface area contributed by atoms with E-state index in [0.717, 1.165) is 37.7 Å². The summed E-state index contributed by atoms with van der Waals surface area (Å²) in [6.07, 6.45) is 0. The summed E-state index contributed by atoms with van der Waals surface area (Å²) in [7, 11) is 2.12. The average Bonchev–Trinajstić information content (AvgIpc) is 2.88. The number of amidine groups is 2. The Hall–Kier alpha value is -1.83. The Bertz CT molecular complexity index is 592. The highest BCUT2D eigenvalue weighted by molar-refractivity contribution is 6.68. The number of rotatable bonds is 2. The molecule has 126 valence electrons. The van der Waals surface area contributed by atoms with Gasteiger partial charge in [0.15, 0.2) is 17.4 Å². The van der Waals surface area contributed by atoms with Gasteiger partial charge in [-0.15, -0.1) is 35.0 Å². The van der Waals surface area contributed by atoms with Crippen LogP contribution in [0.5, 0.6) is 0 Å². The van der Waals surface area contributed by atoms with Gasteiger partial charge >= 0.3 is 0 Å². The second-order valence-corrected chi connectivity index (χ2v) is 5.14. The number of nitrogens with one attached hydrogen (secondary N) is 1. The van der Waals surface area contributed by atoms with Crippen molar-refractivity contribution >= 4 is 47.9 Å². The van der Waals surface area contributed by atoms with Crippen molar-refractivity contribution in [3.05, 3.63) is 30.3 Å². The van der Waals surface area contributed by atoms with Crippen LogP contribution in [0.4, 0.5) is 5.69 Å². The lowest BCUT2D eigenvalue weighted by molar-refractivity contribution is 0.217. The molecule has 0 saturated carbocycles. The van der Waals surface area contributed by atoms with Gasteiger partial charge in [0.2, 0.25) is 0 Å². The standard InChI is InChI=1S/C14H19N7.2ClH/c1-20-7-9-21(10-8-20)14-12(13(15)18-19-14)17-16-11-5-3-2-4-6-11;;/h2-6,16H,7-10H2,1H3,(H2,15,17,18);2*1H. The van der Waals surface area contributed by atoms with Crippen LogP contribution in [0.25, 0.3) is 0 Å². The van der Waals surface area contributed by atoms with Crippen molar-refractivity contribution in [2.45, 2.75) is 0 Å². The minimum Gasteiger partial charge on any atom is -0.380 e. The molecule has 2 aliphatic heterocycles. The van der Waals surface area contributed by atoms with Crippen molar-refractivity contribution in [2.24, 2.45) is 21.0 Å². The number of hydrazone groups is 1. The molecule has 0 aromatic heterocycles. The van der Waals surface area contributed by atoms with Gasteiger partial charge in [-0.05, 0) is 19.2 Å². The highest BCUT2D eigenvalue weighted by Crippen LogP contribution is 2.09. The first-order valence-corrected chi connectivity index (χ1v) is 6.98. The number of likely N-dealkylation sites (N-methyl/N-ethyl adjacent to an activating group) is 1. The smallest absolute Gasteiger partial charge is 0.183 e. The van der Waals surface area contributed by atoms with Gasteiger partial charge in [0, 0.05) is 26.2 Å². The van der Waals surface area contributed by atoms with E-state index in [1.807, 2.05) is 30.3 Å². The molecule has 1 saturated heterocycles. The zero-order valence-electron chi connectivity index (χ0n) is 12.8. The third kappa shape index (κ3) is 4.57. The van der Waals surface area contributed by atoms with Gasteiger partial charge in [0.25, 0.3) is 0 Å². The van der Waals surface area contributed by atoms with Crippen LogP contribution in [-0.4, -0.2) is 60.4 Å². The minimum atomic E-state index is 0. The maximum absolute atomic E-state index is 5.90. The number of hydrogen-bond donors (Lipinski definition) is 2. The number of benzene rings is 1. The topological polar surface area (TPSA) is 81.6 Å².